The number of hydrogen-bond donors (Lipinski definition) is 1. The van der Waals surface area contributed by atoms with Gasteiger partial charge in [-0.05, 0) is 11.1 Å². The standard InChI is InChI=1S/C22H26N2O3/c1-27-14-20(26)24-19(13-25)21(18-10-6-3-7-11-18)22(24)15-23(16-22)12-17-8-4-2-5-9-17/h2-11,19,21,25H,12-16H2,1H3/t19-,21+/m0/s1. The highest BCUT2D eigenvalue weighted by atomic mass is 16.5. The summed E-state index contributed by atoms with van der Waals surface area (Å²) < 4.78 is 5.09. The van der Waals surface area contributed by atoms with Crippen LogP contribution in [0.15, 0.2) is 60.7 Å². The van der Waals surface area contributed by atoms with E-state index in [-0.39, 0.29) is 36.6 Å². The minimum Gasteiger partial charge on any atom is -0.394 e. The number of aliphatic hydroxyl groups is 1. The first-order chi connectivity index (χ1) is 13.2. The maximum Gasteiger partial charge on any atom is 0.249 e. The molecule has 0 aromatic heterocycles. The van der Waals surface area contributed by atoms with Gasteiger partial charge in [0.25, 0.3) is 0 Å². The second-order valence-corrected chi connectivity index (χ2v) is 7.57. The summed E-state index contributed by atoms with van der Waals surface area (Å²) in [6, 6.07) is 20.5. The first-order valence-electron chi connectivity index (χ1n) is 9.43. The van der Waals surface area contributed by atoms with E-state index in [0.717, 1.165) is 19.6 Å². The third-order valence-corrected chi connectivity index (χ3v) is 5.90. The molecule has 2 aromatic rings. The van der Waals surface area contributed by atoms with Crippen molar-refractivity contribution in [3.63, 3.8) is 0 Å². The Hall–Kier alpha value is -2.21. The molecular weight excluding hydrogens is 340 g/mol. The van der Waals surface area contributed by atoms with E-state index in [1.54, 1.807) is 0 Å². The van der Waals surface area contributed by atoms with Gasteiger partial charge in [0.05, 0.1) is 18.2 Å². The van der Waals surface area contributed by atoms with E-state index in [2.05, 4.69) is 41.3 Å². The highest BCUT2D eigenvalue weighted by Crippen LogP contribution is 2.54. The lowest BCUT2D eigenvalue weighted by atomic mass is 9.60. The summed E-state index contributed by atoms with van der Waals surface area (Å²) in [5, 5.41) is 10.0. The average molecular weight is 366 g/mol. The van der Waals surface area contributed by atoms with Crippen molar-refractivity contribution in [3.05, 3.63) is 71.8 Å². The van der Waals surface area contributed by atoms with Gasteiger partial charge in [-0.25, -0.2) is 0 Å². The van der Waals surface area contributed by atoms with Crippen LogP contribution in [0.2, 0.25) is 0 Å². The molecule has 1 amide bonds. The number of nitrogens with zero attached hydrogens (tertiary/aromatic N) is 2. The first kappa shape index (κ1) is 18.2. The van der Waals surface area contributed by atoms with E-state index in [0.29, 0.717) is 0 Å². The zero-order chi connectivity index (χ0) is 18.9. The molecule has 27 heavy (non-hydrogen) atoms. The molecule has 4 rings (SSSR count). The minimum atomic E-state index is -0.251. The summed E-state index contributed by atoms with van der Waals surface area (Å²) in [6.07, 6.45) is 0. The summed E-state index contributed by atoms with van der Waals surface area (Å²) in [5.74, 6) is 0.111. The lowest BCUT2D eigenvalue weighted by molar-refractivity contribution is -0.204. The maximum atomic E-state index is 12.7. The quantitative estimate of drug-likeness (QED) is 0.848. The normalized spacial score (nSPS) is 23.7. The predicted molar refractivity (Wildman–Crippen MR) is 103 cm³/mol. The molecule has 2 atom stereocenters. The molecule has 2 aliphatic heterocycles. The molecule has 142 valence electrons. The third kappa shape index (κ3) is 3.06. The summed E-state index contributed by atoms with van der Waals surface area (Å²) in [7, 11) is 1.54. The van der Waals surface area contributed by atoms with Crippen LogP contribution >= 0.6 is 0 Å². The number of amides is 1. The van der Waals surface area contributed by atoms with E-state index in [1.165, 1.54) is 18.2 Å². The van der Waals surface area contributed by atoms with E-state index >= 15 is 0 Å². The molecule has 0 saturated carbocycles. The van der Waals surface area contributed by atoms with E-state index in [1.807, 2.05) is 29.2 Å². The van der Waals surface area contributed by atoms with Gasteiger partial charge in [-0.3, -0.25) is 9.69 Å². The lowest BCUT2D eigenvalue weighted by Gasteiger charge is -2.70. The highest BCUT2D eigenvalue weighted by molar-refractivity contribution is 5.81. The van der Waals surface area contributed by atoms with Crippen molar-refractivity contribution in [2.45, 2.75) is 24.0 Å². The Bertz CT molecular complexity index is 775. The van der Waals surface area contributed by atoms with Crippen LogP contribution in [0.3, 0.4) is 0 Å². The van der Waals surface area contributed by atoms with Crippen LogP contribution in [0.1, 0.15) is 17.0 Å². The molecule has 1 N–H and O–H groups in total. The molecule has 0 unspecified atom stereocenters. The number of carbonyl (C=O) groups is 1. The summed E-state index contributed by atoms with van der Waals surface area (Å²) >= 11 is 0. The van der Waals surface area contributed by atoms with Gasteiger partial charge in [0.1, 0.15) is 6.61 Å². The van der Waals surface area contributed by atoms with Crippen molar-refractivity contribution >= 4 is 5.91 Å². The molecule has 2 aliphatic rings. The molecule has 2 heterocycles. The smallest absolute Gasteiger partial charge is 0.249 e. The SMILES string of the molecule is COCC(=O)N1[C@@H](CO)[C@@H](c2ccccc2)C12CN(Cc1ccccc1)C2. The molecule has 5 nitrogen and oxygen atoms in total. The van der Waals surface area contributed by atoms with Crippen LogP contribution in [0.4, 0.5) is 0 Å². The number of hydrogen-bond acceptors (Lipinski definition) is 4. The van der Waals surface area contributed by atoms with Gasteiger partial charge in [-0.1, -0.05) is 60.7 Å². The average Bonchev–Trinajstić information content (AvgIpc) is 2.65. The van der Waals surface area contributed by atoms with E-state index in [4.69, 9.17) is 4.74 Å². The van der Waals surface area contributed by atoms with Crippen LogP contribution < -0.4 is 0 Å². The van der Waals surface area contributed by atoms with Crippen LogP contribution in [0.25, 0.3) is 0 Å². The number of carbonyl (C=O) groups excluding carboxylic acids is 1. The fourth-order valence-corrected chi connectivity index (χ4v) is 4.94. The summed E-state index contributed by atoms with van der Waals surface area (Å²) in [5.41, 5.74) is 2.22. The third-order valence-electron chi connectivity index (χ3n) is 5.90. The Kier molecular flexibility index (Phi) is 5.00. The van der Waals surface area contributed by atoms with Crippen LogP contribution in [0, 0.1) is 0 Å². The lowest BCUT2D eigenvalue weighted by Crippen LogP contribution is -2.85. The Morgan fingerprint density at radius 3 is 2.33 bits per heavy atom. The number of benzene rings is 2. The van der Waals surface area contributed by atoms with Gasteiger partial charge in [0.15, 0.2) is 0 Å². The highest BCUT2D eigenvalue weighted by Gasteiger charge is 2.66. The number of likely N-dealkylation sites (tertiary alicyclic amines) is 2. The fourth-order valence-electron chi connectivity index (χ4n) is 4.94. The van der Waals surface area contributed by atoms with Crippen molar-refractivity contribution in [3.8, 4) is 0 Å². The maximum absolute atomic E-state index is 12.7. The van der Waals surface area contributed by atoms with Gasteiger partial charge in [0, 0.05) is 32.7 Å². The number of rotatable bonds is 6. The van der Waals surface area contributed by atoms with Crippen LogP contribution in [-0.4, -0.2) is 65.8 Å². The largest absolute Gasteiger partial charge is 0.394 e. The van der Waals surface area contributed by atoms with E-state index in [9.17, 15) is 9.90 Å². The predicted octanol–water partition coefficient (Wildman–Crippen LogP) is 1.87. The monoisotopic (exact) mass is 366 g/mol. The molecule has 1 spiro atoms. The summed E-state index contributed by atoms with van der Waals surface area (Å²) in [4.78, 5) is 17.0. The topological polar surface area (TPSA) is 53.0 Å². The van der Waals surface area contributed by atoms with Gasteiger partial charge in [-0.2, -0.15) is 0 Å². The van der Waals surface area contributed by atoms with Crippen molar-refractivity contribution in [1.82, 2.24) is 9.80 Å². The van der Waals surface area contributed by atoms with Crippen molar-refractivity contribution in [1.29, 1.82) is 0 Å². The zero-order valence-corrected chi connectivity index (χ0v) is 15.6. The zero-order valence-electron chi connectivity index (χ0n) is 15.6. The van der Waals surface area contributed by atoms with Gasteiger partial charge in [0.2, 0.25) is 5.91 Å². The Balaban J connectivity index is 1.57. The number of ether oxygens (including phenoxy) is 1. The Labute approximate surface area is 160 Å². The molecule has 2 aromatic carbocycles. The molecule has 0 aliphatic carbocycles. The van der Waals surface area contributed by atoms with Gasteiger partial charge < -0.3 is 14.7 Å². The molecule has 5 heteroatoms. The Morgan fingerprint density at radius 2 is 1.74 bits per heavy atom. The van der Waals surface area contributed by atoms with Crippen LogP contribution in [-0.2, 0) is 16.1 Å². The van der Waals surface area contributed by atoms with Crippen LogP contribution in [0.5, 0.6) is 0 Å². The first-order valence-corrected chi connectivity index (χ1v) is 9.43. The van der Waals surface area contributed by atoms with Crippen molar-refractivity contribution in [2.24, 2.45) is 0 Å². The van der Waals surface area contributed by atoms with Gasteiger partial charge in [-0.15, -0.1) is 0 Å². The van der Waals surface area contributed by atoms with Crippen molar-refractivity contribution < 1.29 is 14.6 Å². The summed E-state index contributed by atoms with van der Waals surface area (Å²) in [6.45, 7) is 2.52. The van der Waals surface area contributed by atoms with Crippen molar-refractivity contribution in [2.75, 3.05) is 33.4 Å². The molecular formula is C22H26N2O3. The number of aliphatic hydroxyl groups excluding tert-OH is 1. The number of methoxy groups -OCH3 is 1. The molecule has 2 fully saturated rings. The molecule has 0 radical (unpaired) electrons. The molecule has 0 bridgehead atoms. The fraction of sp³-hybridized carbons (Fsp3) is 0.409. The second-order valence-electron chi connectivity index (χ2n) is 7.57. The minimum absolute atomic E-state index is 0.0323. The second kappa shape index (κ2) is 7.43. The Morgan fingerprint density at radius 1 is 1.11 bits per heavy atom. The molecule has 2 saturated heterocycles. The van der Waals surface area contributed by atoms with Gasteiger partial charge >= 0.3 is 0 Å². The van der Waals surface area contributed by atoms with E-state index < -0.39 is 0 Å².